The van der Waals surface area contributed by atoms with E-state index in [2.05, 4.69) is 5.32 Å². The van der Waals surface area contributed by atoms with E-state index in [1.807, 2.05) is 32.0 Å². The highest BCUT2D eigenvalue weighted by Gasteiger charge is 2.32. The topological polar surface area (TPSA) is 49.3 Å². The van der Waals surface area contributed by atoms with Crippen LogP contribution in [0.3, 0.4) is 0 Å². The third kappa shape index (κ3) is 3.33. The predicted molar refractivity (Wildman–Crippen MR) is 80.8 cm³/mol. The van der Waals surface area contributed by atoms with Crippen molar-refractivity contribution in [3.63, 3.8) is 0 Å². The average Bonchev–Trinajstić information content (AvgIpc) is 2.81. The summed E-state index contributed by atoms with van der Waals surface area (Å²) in [6.07, 6.45) is 2.60. The second-order valence-corrected chi connectivity index (χ2v) is 6.54. The molecule has 2 N–H and O–H groups in total. The van der Waals surface area contributed by atoms with Gasteiger partial charge in [0, 0.05) is 17.5 Å². The van der Waals surface area contributed by atoms with Gasteiger partial charge in [-0.2, -0.15) is 0 Å². The number of carbonyl (C=O) groups is 1. The lowest BCUT2D eigenvalue weighted by Crippen LogP contribution is -2.43. The van der Waals surface area contributed by atoms with Crippen LogP contribution in [0.15, 0.2) is 24.3 Å². The van der Waals surface area contributed by atoms with Gasteiger partial charge >= 0.3 is 0 Å². The summed E-state index contributed by atoms with van der Waals surface area (Å²) in [6.45, 7) is 4.32. The van der Waals surface area contributed by atoms with Crippen LogP contribution in [0.4, 0.5) is 0 Å². The molecular formula is C16H22ClNO2. The fourth-order valence-corrected chi connectivity index (χ4v) is 2.90. The minimum absolute atomic E-state index is 0.0288. The predicted octanol–water partition coefficient (Wildman–Crippen LogP) is 2.89. The molecule has 0 saturated heterocycles. The lowest BCUT2D eigenvalue weighted by atomic mass is 9.83. The highest BCUT2D eigenvalue weighted by atomic mass is 35.5. The molecule has 1 amide bonds. The van der Waals surface area contributed by atoms with Crippen molar-refractivity contribution in [2.24, 2.45) is 5.92 Å². The highest BCUT2D eigenvalue weighted by Crippen LogP contribution is 2.27. The standard InChI is InChI=1S/C16H22ClNO2/c1-16(2,12-6-4-7-13(17)9-12)15(20)18-10-11-5-3-8-14(11)19/h4,6-7,9,11,14,19H,3,5,8,10H2,1-2H3,(H,18,20). The van der Waals surface area contributed by atoms with Gasteiger partial charge in [-0.3, -0.25) is 4.79 Å². The van der Waals surface area contributed by atoms with E-state index >= 15 is 0 Å². The van der Waals surface area contributed by atoms with Crippen molar-refractivity contribution >= 4 is 17.5 Å². The number of carbonyl (C=O) groups excluding carboxylic acids is 1. The van der Waals surface area contributed by atoms with Crippen molar-refractivity contribution in [2.45, 2.75) is 44.6 Å². The van der Waals surface area contributed by atoms with Gasteiger partial charge in [0.2, 0.25) is 5.91 Å². The first-order valence-corrected chi connectivity index (χ1v) is 7.51. The van der Waals surface area contributed by atoms with Crippen LogP contribution in [0.25, 0.3) is 0 Å². The summed E-state index contributed by atoms with van der Waals surface area (Å²) in [6, 6.07) is 7.39. The van der Waals surface area contributed by atoms with Crippen LogP contribution < -0.4 is 5.32 Å². The first-order valence-electron chi connectivity index (χ1n) is 7.13. The lowest BCUT2D eigenvalue weighted by Gasteiger charge is -2.26. The Balaban J connectivity index is 2.00. The van der Waals surface area contributed by atoms with E-state index in [4.69, 9.17) is 11.6 Å². The Morgan fingerprint density at radius 1 is 1.45 bits per heavy atom. The van der Waals surface area contributed by atoms with E-state index in [1.54, 1.807) is 6.07 Å². The molecule has 2 unspecified atom stereocenters. The summed E-state index contributed by atoms with van der Waals surface area (Å²) in [7, 11) is 0. The van der Waals surface area contributed by atoms with Gasteiger partial charge in [-0.05, 0) is 44.4 Å². The van der Waals surface area contributed by atoms with Gasteiger partial charge in [0.05, 0.1) is 11.5 Å². The zero-order chi connectivity index (χ0) is 14.8. The second-order valence-electron chi connectivity index (χ2n) is 6.10. The molecule has 110 valence electrons. The van der Waals surface area contributed by atoms with Crippen LogP contribution in [-0.4, -0.2) is 23.7 Å². The molecule has 1 aliphatic carbocycles. The van der Waals surface area contributed by atoms with Crippen molar-refractivity contribution < 1.29 is 9.90 Å². The molecule has 20 heavy (non-hydrogen) atoms. The van der Waals surface area contributed by atoms with Crippen LogP contribution in [0.1, 0.15) is 38.7 Å². The van der Waals surface area contributed by atoms with Gasteiger partial charge < -0.3 is 10.4 Å². The Hall–Kier alpha value is -1.06. The third-order valence-corrected chi connectivity index (χ3v) is 4.49. The largest absolute Gasteiger partial charge is 0.393 e. The molecular weight excluding hydrogens is 274 g/mol. The number of hydrogen-bond donors (Lipinski definition) is 2. The molecule has 0 bridgehead atoms. The number of aliphatic hydroxyl groups is 1. The minimum atomic E-state index is -0.630. The quantitative estimate of drug-likeness (QED) is 0.897. The Labute approximate surface area is 125 Å². The SMILES string of the molecule is CC(C)(C(=O)NCC1CCCC1O)c1cccc(Cl)c1. The molecule has 1 fully saturated rings. The van der Waals surface area contributed by atoms with E-state index in [9.17, 15) is 9.90 Å². The fourth-order valence-electron chi connectivity index (χ4n) is 2.71. The number of benzene rings is 1. The molecule has 0 spiro atoms. The van der Waals surface area contributed by atoms with Crippen molar-refractivity contribution in [3.8, 4) is 0 Å². The van der Waals surface area contributed by atoms with Gasteiger partial charge in [0.1, 0.15) is 0 Å². The number of halogens is 1. The Morgan fingerprint density at radius 3 is 2.80 bits per heavy atom. The molecule has 0 aliphatic heterocycles. The number of hydrogen-bond acceptors (Lipinski definition) is 2. The van der Waals surface area contributed by atoms with Gasteiger partial charge in [0.15, 0.2) is 0 Å². The zero-order valence-corrected chi connectivity index (χ0v) is 12.8. The monoisotopic (exact) mass is 295 g/mol. The van der Waals surface area contributed by atoms with E-state index in [0.29, 0.717) is 11.6 Å². The van der Waals surface area contributed by atoms with Crippen LogP contribution >= 0.6 is 11.6 Å². The van der Waals surface area contributed by atoms with Gasteiger partial charge in [0.25, 0.3) is 0 Å². The summed E-state index contributed by atoms with van der Waals surface area (Å²) < 4.78 is 0. The maximum absolute atomic E-state index is 12.4. The summed E-state index contributed by atoms with van der Waals surface area (Å²) in [5.74, 6) is 0.160. The van der Waals surface area contributed by atoms with E-state index < -0.39 is 5.41 Å². The Bertz CT molecular complexity index is 487. The lowest BCUT2D eigenvalue weighted by molar-refractivity contribution is -0.126. The average molecular weight is 296 g/mol. The number of amides is 1. The van der Waals surface area contributed by atoms with E-state index in [-0.39, 0.29) is 17.9 Å². The molecule has 0 heterocycles. The molecule has 3 nitrogen and oxygen atoms in total. The van der Waals surface area contributed by atoms with Crippen LogP contribution in [0, 0.1) is 5.92 Å². The summed E-state index contributed by atoms with van der Waals surface area (Å²) in [5.41, 5.74) is 0.267. The fraction of sp³-hybridized carbons (Fsp3) is 0.562. The summed E-state index contributed by atoms with van der Waals surface area (Å²) >= 11 is 5.99. The Morgan fingerprint density at radius 2 is 2.20 bits per heavy atom. The normalized spacial score (nSPS) is 22.8. The smallest absolute Gasteiger partial charge is 0.230 e. The van der Waals surface area contributed by atoms with Crippen LogP contribution in [0.2, 0.25) is 5.02 Å². The minimum Gasteiger partial charge on any atom is -0.393 e. The van der Waals surface area contributed by atoms with Crippen molar-refractivity contribution in [1.82, 2.24) is 5.32 Å². The molecule has 1 aromatic carbocycles. The first-order chi connectivity index (χ1) is 9.41. The highest BCUT2D eigenvalue weighted by molar-refractivity contribution is 6.30. The molecule has 0 aromatic heterocycles. The van der Waals surface area contributed by atoms with Crippen LogP contribution in [0.5, 0.6) is 0 Å². The molecule has 1 saturated carbocycles. The maximum atomic E-state index is 12.4. The van der Waals surface area contributed by atoms with Gasteiger partial charge in [-0.25, -0.2) is 0 Å². The summed E-state index contributed by atoms with van der Waals surface area (Å²) in [5, 5.41) is 13.4. The number of rotatable bonds is 4. The number of nitrogens with one attached hydrogen (secondary N) is 1. The van der Waals surface area contributed by atoms with E-state index in [0.717, 1.165) is 24.8 Å². The van der Waals surface area contributed by atoms with Crippen molar-refractivity contribution in [2.75, 3.05) is 6.54 Å². The molecule has 2 atom stereocenters. The van der Waals surface area contributed by atoms with Crippen molar-refractivity contribution in [3.05, 3.63) is 34.9 Å². The van der Waals surface area contributed by atoms with Gasteiger partial charge in [-0.1, -0.05) is 30.2 Å². The summed E-state index contributed by atoms with van der Waals surface area (Å²) in [4.78, 5) is 12.4. The number of aliphatic hydroxyl groups excluding tert-OH is 1. The van der Waals surface area contributed by atoms with E-state index in [1.165, 1.54) is 0 Å². The van der Waals surface area contributed by atoms with Crippen molar-refractivity contribution in [1.29, 1.82) is 0 Å². The third-order valence-electron chi connectivity index (χ3n) is 4.26. The molecule has 1 aliphatic rings. The molecule has 1 aromatic rings. The molecule has 4 heteroatoms. The molecule has 2 rings (SSSR count). The maximum Gasteiger partial charge on any atom is 0.230 e. The van der Waals surface area contributed by atoms with Crippen LogP contribution in [-0.2, 0) is 10.2 Å². The van der Waals surface area contributed by atoms with Gasteiger partial charge in [-0.15, -0.1) is 0 Å². The zero-order valence-electron chi connectivity index (χ0n) is 12.0. The molecule has 0 radical (unpaired) electrons. The Kier molecular flexibility index (Phi) is 4.71. The second kappa shape index (κ2) is 6.15. The first kappa shape index (κ1) is 15.3.